The number of carbonyl (C=O) groups is 2. The minimum atomic E-state index is -0.352. The van der Waals surface area contributed by atoms with Crippen LogP contribution in [-0.4, -0.2) is 36.3 Å². The molecule has 2 bridgehead atoms. The molecule has 190 valence electrons. The lowest BCUT2D eigenvalue weighted by Crippen LogP contribution is -2.42. The number of thiazole rings is 1. The van der Waals surface area contributed by atoms with E-state index in [2.05, 4.69) is 4.98 Å². The quantitative estimate of drug-likeness (QED) is 0.467. The van der Waals surface area contributed by atoms with E-state index in [-0.39, 0.29) is 57.4 Å². The van der Waals surface area contributed by atoms with Gasteiger partial charge in [0, 0.05) is 21.1 Å². The molecule has 2 saturated carbocycles. The molecular weight excluding hydrogens is 532 g/mol. The third-order valence-corrected chi connectivity index (χ3v) is 11.4. The van der Waals surface area contributed by atoms with Gasteiger partial charge in [0.15, 0.2) is 11.5 Å². The molecule has 37 heavy (non-hydrogen) atoms. The van der Waals surface area contributed by atoms with Crippen molar-refractivity contribution >= 4 is 52.2 Å². The van der Waals surface area contributed by atoms with E-state index in [0.29, 0.717) is 22.2 Å². The summed E-state index contributed by atoms with van der Waals surface area (Å²) in [5.74, 6) is 0.504. The average Bonchev–Trinajstić information content (AvgIpc) is 3.63. The van der Waals surface area contributed by atoms with Crippen molar-refractivity contribution in [2.75, 3.05) is 19.1 Å². The maximum absolute atomic E-state index is 13.8. The number of H-pyrrole nitrogens is 1. The van der Waals surface area contributed by atoms with Crippen LogP contribution in [0.2, 0.25) is 5.02 Å². The van der Waals surface area contributed by atoms with Crippen molar-refractivity contribution in [1.29, 1.82) is 0 Å². The molecule has 1 aromatic heterocycles. The summed E-state index contributed by atoms with van der Waals surface area (Å²) in [7, 11) is 3.21. The van der Waals surface area contributed by atoms with Crippen LogP contribution >= 0.6 is 34.7 Å². The lowest BCUT2D eigenvalue weighted by atomic mass is 9.68. The molecular formula is C27H23ClN2O5S2. The number of aromatic amines is 1. The van der Waals surface area contributed by atoms with Gasteiger partial charge in [0.05, 0.1) is 36.8 Å². The monoisotopic (exact) mass is 554 g/mol. The average molecular weight is 555 g/mol. The van der Waals surface area contributed by atoms with Gasteiger partial charge in [0.1, 0.15) is 0 Å². The Morgan fingerprint density at radius 2 is 1.65 bits per heavy atom. The molecule has 7 nitrogen and oxygen atoms in total. The Morgan fingerprint density at radius 3 is 2.35 bits per heavy atom. The molecule has 3 aromatic rings. The molecule has 2 aromatic carbocycles. The fourth-order valence-corrected chi connectivity index (χ4v) is 10.3. The molecule has 2 aliphatic carbocycles. The zero-order valence-electron chi connectivity index (χ0n) is 20.0. The van der Waals surface area contributed by atoms with Gasteiger partial charge in [-0.3, -0.25) is 19.3 Å². The third-order valence-electron chi connectivity index (χ3n) is 8.58. The number of nitrogens with zero attached hydrogens (tertiary/aromatic N) is 1. The fourth-order valence-electron chi connectivity index (χ4n) is 7.28. The second kappa shape index (κ2) is 8.38. The predicted molar refractivity (Wildman–Crippen MR) is 142 cm³/mol. The minimum absolute atomic E-state index is 0.0460. The highest BCUT2D eigenvalue weighted by atomic mass is 35.5. The summed E-state index contributed by atoms with van der Waals surface area (Å²) in [4.78, 5) is 45.3. The summed E-state index contributed by atoms with van der Waals surface area (Å²) < 4.78 is 11.0. The first-order valence-electron chi connectivity index (χ1n) is 12.2. The van der Waals surface area contributed by atoms with E-state index < -0.39 is 0 Å². The molecule has 2 aliphatic heterocycles. The van der Waals surface area contributed by atoms with Crippen LogP contribution in [0, 0.1) is 29.6 Å². The molecule has 3 heterocycles. The second-order valence-corrected chi connectivity index (χ2v) is 12.7. The summed E-state index contributed by atoms with van der Waals surface area (Å²) in [5, 5.41) is 1.57. The van der Waals surface area contributed by atoms with Crippen molar-refractivity contribution in [1.82, 2.24) is 4.98 Å². The Balaban J connectivity index is 1.32. The summed E-state index contributed by atoms with van der Waals surface area (Å²) in [6, 6.07) is 12.8. The number of halogens is 1. The number of hydrogen-bond acceptors (Lipinski definition) is 7. The van der Waals surface area contributed by atoms with E-state index in [0.717, 1.165) is 21.9 Å². The zero-order chi connectivity index (χ0) is 25.6. The van der Waals surface area contributed by atoms with Crippen LogP contribution < -0.4 is 19.2 Å². The highest BCUT2D eigenvalue weighted by Crippen LogP contribution is 2.68. The topological polar surface area (TPSA) is 88.7 Å². The number of ether oxygens (including phenoxy) is 2. The lowest BCUT2D eigenvalue weighted by Gasteiger charge is -2.43. The van der Waals surface area contributed by atoms with Gasteiger partial charge in [-0.1, -0.05) is 29.0 Å². The molecule has 2 amide bonds. The van der Waals surface area contributed by atoms with Crippen molar-refractivity contribution in [2.24, 2.45) is 29.6 Å². The Morgan fingerprint density at radius 1 is 0.946 bits per heavy atom. The van der Waals surface area contributed by atoms with Crippen LogP contribution in [0.15, 0.2) is 52.3 Å². The van der Waals surface area contributed by atoms with E-state index in [1.165, 1.54) is 16.2 Å². The van der Waals surface area contributed by atoms with Gasteiger partial charge >= 0.3 is 4.87 Å². The third kappa shape index (κ3) is 3.23. The van der Waals surface area contributed by atoms with Gasteiger partial charge in [-0.05, 0) is 66.1 Å². The Kier molecular flexibility index (Phi) is 5.29. The SMILES string of the molecule is COc1ccc([C@H]2c3sc(=O)[nH]c3S[C@H]3[C@@H]4C[C@H]([C@H]5C(=O)N(c6ccc(Cl)cc6)C(=O)[C@H]45)[C@H]23)cc1OC. The Hall–Kier alpha value is -2.75. The highest BCUT2D eigenvalue weighted by Gasteiger charge is 2.69. The maximum atomic E-state index is 13.8. The van der Waals surface area contributed by atoms with Crippen molar-refractivity contribution in [2.45, 2.75) is 22.6 Å². The van der Waals surface area contributed by atoms with Gasteiger partial charge < -0.3 is 14.5 Å². The van der Waals surface area contributed by atoms with Crippen LogP contribution in [0.4, 0.5) is 5.69 Å². The fraction of sp³-hybridized carbons (Fsp3) is 0.370. The van der Waals surface area contributed by atoms with Gasteiger partial charge in [-0.2, -0.15) is 0 Å². The van der Waals surface area contributed by atoms with Crippen LogP contribution in [0.1, 0.15) is 22.8 Å². The zero-order valence-corrected chi connectivity index (χ0v) is 22.4. The molecule has 4 aliphatic rings. The largest absolute Gasteiger partial charge is 0.493 e. The molecule has 0 radical (unpaired) electrons. The van der Waals surface area contributed by atoms with E-state index in [4.69, 9.17) is 21.1 Å². The molecule has 0 unspecified atom stereocenters. The van der Waals surface area contributed by atoms with Crippen molar-refractivity contribution in [3.8, 4) is 11.5 Å². The Labute approximate surface area is 226 Å². The summed E-state index contributed by atoms with van der Waals surface area (Å²) in [6.07, 6.45) is 0.840. The molecule has 1 saturated heterocycles. The van der Waals surface area contributed by atoms with Gasteiger partial charge in [-0.15, -0.1) is 11.8 Å². The number of hydrogen-bond donors (Lipinski definition) is 1. The summed E-state index contributed by atoms with van der Waals surface area (Å²) >= 11 is 8.97. The van der Waals surface area contributed by atoms with Gasteiger partial charge in [0.2, 0.25) is 11.8 Å². The van der Waals surface area contributed by atoms with E-state index in [1.807, 2.05) is 18.2 Å². The number of aromatic nitrogens is 1. The van der Waals surface area contributed by atoms with Crippen LogP contribution in [0.3, 0.4) is 0 Å². The number of carbonyl (C=O) groups excluding carboxylic acids is 2. The number of benzene rings is 2. The first-order valence-corrected chi connectivity index (χ1v) is 14.2. The van der Waals surface area contributed by atoms with Crippen molar-refractivity contribution in [3.05, 3.63) is 67.6 Å². The summed E-state index contributed by atoms with van der Waals surface area (Å²) in [6.45, 7) is 0. The molecule has 3 fully saturated rings. The van der Waals surface area contributed by atoms with E-state index in [1.54, 1.807) is 50.2 Å². The molecule has 10 heteroatoms. The normalized spacial score (nSPS) is 31.3. The van der Waals surface area contributed by atoms with Crippen molar-refractivity contribution in [3.63, 3.8) is 0 Å². The number of anilines is 1. The van der Waals surface area contributed by atoms with Crippen molar-refractivity contribution < 1.29 is 19.1 Å². The minimum Gasteiger partial charge on any atom is -0.493 e. The van der Waals surface area contributed by atoms with E-state index >= 15 is 0 Å². The van der Waals surface area contributed by atoms with Crippen LogP contribution in [0.5, 0.6) is 11.5 Å². The first kappa shape index (κ1) is 23.4. The van der Waals surface area contributed by atoms with Crippen LogP contribution in [-0.2, 0) is 9.59 Å². The van der Waals surface area contributed by atoms with Gasteiger partial charge in [0.25, 0.3) is 0 Å². The number of rotatable bonds is 4. The lowest BCUT2D eigenvalue weighted by molar-refractivity contribution is -0.123. The number of methoxy groups -OCH3 is 2. The van der Waals surface area contributed by atoms with E-state index in [9.17, 15) is 14.4 Å². The second-order valence-electron chi connectivity index (χ2n) is 10.1. The number of thioether (sulfide) groups is 1. The number of nitrogens with one attached hydrogen (secondary N) is 1. The molecule has 7 rings (SSSR count). The smallest absolute Gasteiger partial charge is 0.305 e. The van der Waals surface area contributed by atoms with Crippen LogP contribution in [0.25, 0.3) is 0 Å². The molecule has 7 atom stereocenters. The Bertz CT molecular complexity index is 1500. The number of imide groups is 1. The predicted octanol–water partition coefficient (Wildman–Crippen LogP) is 4.78. The number of fused-ring (bicyclic) bond motifs is 9. The first-order chi connectivity index (χ1) is 17.9. The summed E-state index contributed by atoms with van der Waals surface area (Å²) in [5.41, 5.74) is 1.60. The molecule has 0 spiro atoms. The van der Waals surface area contributed by atoms with Gasteiger partial charge in [-0.25, -0.2) is 0 Å². The highest BCUT2D eigenvalue weighted by molar-refractivity contribution is 8.00. The number of amides is 2. The maximum Gasteiger partial charge on any atom is 0.305 e. The molecule has 1 N–H and O–H groups in total. The standard InChI is InChI=1S/C27H23ClN2O5S2/c1-34-16-8-3-11(9-17(16)35-2)18-19-14-10-15(22(19)36-24-23(18)37-27(33)29-24)21-20(14)25(31)30(26(21)32)13-6-4-12(28)5-7-13/h3-9,14-15,18-22H,10H2,1-2H3,(H,29,33)/t14-,15+,18+,19+,20+,21+,22-/m0/s1.